The molecule has 1 rings (SSSR count). The van der Waals surface area contributed by atoms with Crippen molar-refractivity contribution >= 4 is 17.8 Å². The molecule has 11 nitrogen and oxygen atoms in total. The Morgan fingerprint density at radius 2 is 1.65 bits per heavy atom. The first-order valence-electron chi connectivity index (χ1n) is 10.6. The third kappa shape index (κ3) is 8.69. The molecule has 8 N–H and O–H groups in total. The summed E-state index contributed by atoms with van der Waals surface area (Å²) in [6, 6.07) is -1.64. The molecule has 1 aliphatic heterocycles. The van der Waals surface area contributed by atoms with E-state index < -0.39 is 60.4 Å². The van der Waals surface area contributed by atoms with Crippen molar-refractivity contribution in [2.24, 2.45) is 17.6 Å². The highest BCUT2D eigenvalue weighted by Gasteiger charge is 2.43. The van der Waals surface area contributed by atoms with Crippen molar-refractivity contribution in [1.82, 2.24) is 10.6 Å². The molecule has 0 saturated carbocycles. The van der Waals surface area contributed by atoms with Crippen molar-refractivity contribution in [2.75, 3.05) is 6.54 Å². The Morgan fingerprint density at radius 3 is 2.16 bits per heavy atom. The number of carbonyl (C=O) groups excluding carboxylic acids is 2. The monoisotopic (exact) mass is 447 g/mol. The molecule has 7 atom stereocenters. The van der Waals surface area contributed by atoms with E-state index in [4.69, 9.17) is 15.6 Å². The minimum absolute atomic E-state index is 0.0808. The average Bonchev–Trinajstić information content (AvgIpc) is 2.65. The van der Waals surface area contributed by atoms with Gasteiger partial charge in [0.2, 0.25) is 11.8 Å². The standard InChI is InChI=1S/C20H37N3O8/c1-9(2)5-11(21)18(27)23-12(6-10(3)4)19(28)22-8-14(25)17-16(26)13(24)7-15(31-17)20(29)30/h9-17,24-26H,5-8,21H2,1-4H3,(H,22,28)(H,23,27)(H,29,30)/t11-,12-,13+,14+,15-,16+,17+/m0/s1. The van der Waals surface area contributed by atoms with E-state index in [2.05, 4.69) is 10.6 Å². The number of aliphatic hydroxyl groups excluding tert-OH is 3. The number of carboxylic acids is 1. The number of hydrogen-bond donors (Lipinski definition) is 7. The first-order chi connectivity index (χ1) is 14.3. The maximum absolute atomic E-state index is 12.6. The molecule has 11 heteroatoms. The fraction of sp³-hybridized carbons (Fsp3) is 0.850. The van der Waals surface area contributed by atoms with Crippen molar-refractivity contribution in [2.45, 2.75) is 89.6 Å². The van der Waals surface area contributed by atoms with Crippen LogP contribution in [-0.4, -0.2) is 87.4 Å². The van der Waals surface area contributed by atoms with Crippen LogP contribution in [-0.2, 0) is 19.1 Å². The SMILES string of the molecule is CC(C)C[C@H](NC(=O)[C@@H](N)CC(C)C)C(=O)NC[C@@H](O)[C@H]1O[C@H](C(=O)O)C[C@@H](O)[C@H]1O. The van der Waals surface area contributed by atoms with Gasteiger partial charge in [0.25, 0.3) is 0 Å². The third-order valence-electron chi connectivity index (χ3n) is 5.05. The maximum Gasteiger partial charge on any atom is 0.332 e. The van der Waals surface area contributed by atoms with E-state index in [1.807, 2.05) is 27.7 Å². The minimum Gasteiger partial charge on any atom is -0.479 e. The van der Waals surface area contributed by atoms with E-state index in [1.165, 1.54) is 0 Å². The van der Waals surface area contributed by atoms with Gasteiger partial charge in [-0.1, -0.05) is 27.7 Å². The number of rotatable bonds is 11. The Morgan fingerprint density at radius 1 is 1.06 bits per heavy atom. The Labute approximate surface area is 182 Å². The molecule has 1 aliphatic rings. The molecule has 1 heterocycles. The molecule has 0 radical (unpaired) electrons. The minimum atomic E-state index is -1.51. The summed E-state index contributed by atoms with van der Waals surface area (Å²) in [5.74, 6) is -2.05. The van der Waals surface area contributed by atoms with Gasteiger partial charge in [-0.2, -0.15) is 0 Å². The van der Waals surface area contributed by atoms with E-state index in [9.17, 15) is 29.7 Å². The fourth-order valence-corrected chi connectivity index (χ4v) is 3.42. The van der Waals surface area contributed by atoms with Crippen LogP contribution in [0, 0.1) is 11.8 Å². The molecule has 0 bridgehead atoms. The van der Waals surface area contributed by atoms with Crippen LogP contribution in [0.15, 0.2) is 0 Å². The summed E-state index contributed by atoms with van der Waals surface area (Å²) in [4.78, 5) is 36.1. The number of amides is 2. The summed E-state index contributed by atoms with van der Waals surface area (Å²) in [6.07, 6.45) is -6.68. The zero-order valence-corrected chi connectivity index (χ0v) is 18.5. The van der Waals surface area contributed by atoms with Crippen LogP contribution in [0.3, 0.4) is 0 Å². The second-order valence-electron chi connectivity index (χ2n) is 8.96. The molecule has 1 saturated heterocycles. The number of nitrogens with one attached hydrogen (secondary N) is 2. The normalized spacial score (nSPS) is 26.9. The second kappa shape index (κ2) is 12.3. The third-order valence-corrected chi connectivity index (χ3v) is 5.05. The zero-order valence-electron chi connectivity index (χ0n) is 18.5. The van der Waals surface area contributed by atoms with Gasteiger partial charge in [-0.05, 0) is 24.7 Å². The lowest BCUT2D eigenvalue weighted by Crippen LogP contribution is -2.58. The predicted molar refractivity (Wildman–Crippen MR) is 111 cm³/mol. The highest BCUT2D eigenvalue weighted by atomic mass is 16.5. The first kappa shape index (κ1) is 27.2. The smallest absolute Gasteiger partial charge is 0.332 e. The summed E-state index contributed by atoms with van der Waals surface area (Å²) in [7, 11) is 0. The number of hydrogen-bond acceptors (Lipinski definition) is 8. The second-order valence-corrected chi connectivity index (χ2v) is 8.96. The van der Waals surface area contributed by atoms with Crippen LogP contribution in [0.1, 0.15) is 47.0 Å². The largest absolute Gasteiger partial charge is 0.479 e. The highest BCUT2D eigenvalue weighted by Crippen LogP contribution is 2.23. The summed E-state index contributed by atoms with van der Waals surface area (Å²) < 4.78 is 5.19. The molecule has 2 amide bonds. The summed E-state index contributed by atoms with van der Waals surface area (Å²) >= 11 is 0. The lowest BCUT2D eigenvalue weighted by molar-refractivity contribution is -0.208. The lowest BCUT2D eigenvalue weighted by atomic mass is 9.94. The fourth-order valence-electron chi connectivity index (χ4n) is 3.42. The van der Waals surface area contributed by atoms with Crippen LogP contribution in [0.5, 0.6) is 0 Å². The quantitative estimate of drug-likeness (QED) is 0.194. The van der Waals surface area contributed by atoms with Gasteiger partial charge < -0.3 is 41.5 Å². The number of ether oxygens (including phenoxy) is 1. The summed E-state index contributed by atoms with van der Waals surface area (Å²) in [5.41, 5.74) is 5.88. The van der Waals surface area contributed by atoms with Gasteiger partial charge in [0, 0.05) is 13.0 Å². The molecule has 180 valence electrons. The van der Waals surface area contributed by atoms with Gasteiger partial charge in [0.1, 0.15) is 24.4 Å². The van der Waals surface area contributed by atoms with E-state index in [-0.39, 0.29) is 24.8 Å². The number of nitrogens with two attached hydrogens (primary N) is 1. The maximum atomic E-state index is 12.6. The average molecular weight is 448 g/mol. The summed E-state index contributed by atoms with van der Waals surface area (Å²) in [6.45, 7) is 7.26. The molecule has 31 heavy (non-hydrogen) atoms. The van der Waals surface area contributed by atoms with Crippen molar-refractivity contribution in [3.63, 3.8) is 0 Å². The highest BCUT2D eigenvalue weighted by molar-refractivity contribution is 5.89. The van der Waals surface area contributed by atoms with Gasteiger partial charge in [0.15, 0.2) is 6.10 Å². The van der Waals surface area contributed by atoms with E-state index in [0.717, 1.165) is 0 Å². The molecule has 0 unspecified atom stereocenters. The van der Waals surface area contributed by atoms with Crippen molar-refractivity contribution in [3.8, 4) is 0 Å². The van der Waals surface area contributed by atoms with Crippen LogP contribution in [0.4, 0.5) is 0 Å². The Bertz CT molecular complexity index is 615. The van der Waals surface area contributed by atoms with Crippen LogP contribution in [0.25, 0.3) is 0 Å². The summed E-state index contributed by atoms with van der Waals surface area (Å²) in [5, 5.41) is 44.4. The number of carboxylic acid groups (broad SMARTS) is 1. The van der Waals surface area contributed by atoms with Crippen molar-refractivity contribution in [1.29, 1.82) is 0 Å². The van der Waals surface area contributed by atoms with Crippen molar-refractivity contribution in [3.05, 3.63) is 0 Å². The predicted octanol–water partition coefficient (Wildman–Crippen LogP) is -1.67. The topological polar surface area (TPSA) is 191 Å². The Hall–Kier alpha value is -1.79. The molecule has 0 spiro atoms. The van der Waals surface area contributed by atoms with Gasteiger partial charge in [-0.25, -0.2) is 4.79 Å². The molecule has 0 aliphatic carbocycles. The van der Waals surface area contributed by atoms with Crippen LogP contribution >= 0.6 is 0 Å². The first-order valence-corrected chi connectivity index (χ1v) is 10.6. The lowest BCUT2D eigenvalue weighted by Gasteiger charge is -2.37. The van der Waals surface area contributed by atoms with Gasteiger partial charge in [0.05, 0.1) is 12.1 Å². The zero-order chi connectivity index (χ0) is 23.9. The van der Waals surface area contributed by atoms with Gasteiger partial charge in [-0.3, -0.25) is 9.59 Å². The van der Waals surface area contributed by atoms with E-state index >= 15 is 0 Å². The Kier molecular flexibility index (Phi) is 10.8. The van der Waals surface area contributed by atoms with E-state index in [0.29, 0.717) is 12.8 Å². The Balaban J connectivity index is 2.73. The molecule has 1 fully saturated rings. The molecule has 0 aromatic carbocycles. The number of aliphatic hydroxyl groups is 3. The molecular formula is C20H37N3O8. The number of carbonyl (C=O) groups is 3. The number of aliphatic carboxylic acids is 1. The van der Waals surface area contributed by atoms with Crippen LogP contribution < -0.4 is 16.4 Å². The van der Waals surface area contributed by atoms with Crippen molar-refractivity contribution < 1.29 is 39.5 Å². The van der Waals surface area contributed by atoms with Gasteiger partial charge >= 0.3 is 5.97 Å². The van der Waals surface area contributed by atoms with Crippen LogP contribution in [0.2, 0.25) is 0 Å². The van der Waals surface area contributed by atoms with Gasteiger partial charge in [-0.15, -0.1) is 0 Å². The molecule has 0 aromatic heterocycles. The molecular weight excluding hydrogens is 410 g/mol. The van der Waals surface area contributed by atoms with E-state index in [1.54, 1.807) is 0 Å². The molecule has 0 aromatic rings.